The number of ether oxygens (including phenoxy) is 1. The van der Waals surface area contributed by atoms with Gasteiger partial charge in [-0.15, -0.1) is 0 Å². The minimum Gasteiger partial charge on any atom is -0.488 e. The van der Waals surface area contributed by atoms with Gasteiger partial charge >= 0.3 is 0 Å². The standard InChI is InChI=1S/C22H27N3O3/c1-15-11-19(22(27)25-9-6-18(7-10-25)21(26)23-3)12-16(2)20(15)28-14-17-5-4-8-24-13-17/h4-5,8,11-13,18H,6-7,9-10,14H2,1-3H3,(H,23,26). The third kappa shape index (κ3) is 4.50. The molecule has 6 nitrogen and oxygen atoms in total. The molecular weight excluding hydrogens is 354 g/mol. The van der Waals surface area contributed by atoms with Gasteiger partial charge in [-0.2, -0.15) is 0 Å². The SMILES string of the molecule is CNC(=O)C1CCN(C(=O)c2cc(C)c(OCc3cccnc3)c(C)c2)CC1. The highest BCUT2D eigenvalue weighted by molar-refractivity contribution is 5.95. The van der Waals surface area contributed by atoms with Crippen molar-refractivity contribution in [3.05, 3.63) is 58.9 Å². The molecule has 148 valence electrons. The van der Waals surface area contributed by atoms with Crippen LogP contribution in [0.1, 0.15) is 39.9 Å². The predicted octanol–water partition coefficient (Wildman–Crippen LogP) is 2.88. The average molecular weight is 381 g/mol. The Hall–Kier alpha value is -2.89. The normalized spacial score (nSPS) is 14.6. The van der Waals surface area contributed by atoms with Crippen molar-refractivity contribution < 1.29 is 14.3 Å². The summed E-state index contributed by atoms with van der Waals surface area (Å²) in [6, 6.07) is 7.63. The lowest BCUT2D eigenvalue weighted by Crippen LogP contribution is -2.42. The predicted molar refractivity (Wildman–Crippen MR) is 107 cm³/mol. The molecule has 1 aliphatic heterocycles. The van der Waals surface area contributed by atoms with Crippen LogP contribution in [0.5, 0.6) is 5.75 Å². The molecule has 1 fully saturated rings. The smallest absolute Gasteiger partial charge is 0.253 e. The number of aromatic nitrogens is 1. The van der Waals surface area contributed by atoms with Gasteiger partial charge in [-0.05, 0) is 56.0 Å². The molecule has 1 aromatic carbocycles. The fraction of sp³-hybridized carbons (Fsp3) is 0.409. The summed E-state index contributed by atoms with van der Waals surface area (Å²) in [5.74, 6) is 0.883. The molecule has 1 aromatic heterocycles. The van der Waals surface area contributed by atoms with E-state index in [0.717, 1.165) is 22.4 Å². The van der Waals surface area contributed by atoms with Gasteiger partial charge in [0.1, 0.15) is 12.4 Å². The van der Waals surface area contributed by atoms with Crippen molar-refractivity contribution in [3.8, 4) is 5.75 Å². The third-order valence-corrected chi connectivity index (χ3v) is 5.21. The maximum atomic E-state index is 12.9. The molecule has 0 saturated carbocycles. The number of aryl methyl sites for hydroxylation is 2. The highest BCUT2D eigenvalue weighted by atomic mass is 16.5. The highest BCUT2D eigenvalue weighted by Crippen LogP contribution is 2.27. The topological polar surface area (TPSA) is 71.5 Å². The monoisotopic (exact) mass is 381 g/mol. The van der Waals surface area contributed by atoms with Gasteiger partial charge in [0, 0.05) is 49.6 Å². The van der Waals surface area contributed by atoms with E-state index in [0.29, 0.717) is 38.1 Å². The number of nitrogens with one attached hydrogen (secondary N) is 1. The third-order valence-electron chi connectivity index (χ3n) is 5.21. The zero-order valence-corrected chi connectivity index (χ0v) is 16.7. The number of pyridine rings is 1. The Bertz CT molecular complexity index is 820. The Morgan fingerprint density at radius 1 is 1.21 bits per heavy atom. The number of rotatable bonds is 5. The van der Waals surface area contributed by atoms with Gasteiger partial charge in [-0.25, -0.2) is 0 Å². The Balaban J connectivity index is 1.66. The fourth-order valence-corrected chi connectivity index (χ4v) is 3.67. The molecule has 0 aliphatic carbocycles. The molecule has 0 spiro atoms. The zero-order valence-electron chi connectivity index (χ0n) is 16.7. The van der Waals surface area contributed by atoms with Crippen LogP contribution >= 0.6 is 0 Å². The van der Waals surface area contributed by atoms with E-state index in [9.17, 15) is 9.59 Å². The lowest BCUT2D eigenvalue weighted by Gasteiger charge is -2.31. The number of hydrogen-bond acceptors (Lipinski definition) is 4. The van der Waals surface area contributed by atoms with Crippen molar-refractivity contribution in [2.75, 3.05) is 20.1 Å². The Morgan fingerprint density at radius 2 is 1.89 bits per heavy atom. The lowest BCUT2D eigenvalue weighted by molar-refractivity contribution is -0.125. The second kappa shape index (κ2) is 8.87. The maximum absolute atomic E-state index is 12.9. The molecule has 2 heterocycles. The minimum absolute atomic E-state index is 0.000717. The van der Waals surface area contributed by atoms with Crippen LogP contribution in [0.15, 0.2) is 36.7 Å². The van der Waals surface area contributed by atoms with E-state index < -0.39 is 0 Å². The summed E-state index contributed by atoms with van der Waals surface area (Å²) in [7, 11) is 1.66. The number of carbonyl (C=O) groups is 2. The van der Waals surface area contributed by atoms with Crippen molar-refractivity contribution in [3.63, 3.8) is 0 Å². The van der Waals surface area contributed by atoms with Crippen LogP contribution in [0.4, 0.5) is 0 Å². The Morgan fingerprint density at radius 3 is 2.46 bits per heavy atom. The van der Waals surface area contributed by atoms with Crippen molar-refractivity contribution in [2.24, 2.45) is 5.92 Å². The fourth-order valence-electron chi connectivity index (χ4n) is 3.67. The number of amides is 2. The van der Waals surface area contributed by atoms with Gasteiger partial charge in [0.05, 0.1) is 0 Å². The van der Waals surface area contributed by atoms with Crippen LogP contribution in [0.2, 0.25) is 0 Å². The van der Waals surface area contributed by atoms with Crippen LogP contribution < -0.4 is 10.1 Å². The number of nitrogens with zero attached hydrogens (tertiary/aromatic N) is 2. The summed E-state index contributed by atoms with van der Waals surface area (Å²) >= 11 is 0. The van der Waals surface area contributed by atoms with Gasteiger partial charge < -0.3 is 15.0 Å². The first-order chi connectivity index (χ1) is 13.5. The number of likely N-dealkylation sites (tertiary alicyclic amines) is 1. The van der Waals surface area contributed by atoms with Crippen molar-refractivity contribution in [2.45, 2.75) is 33.3 Å². The summed E-state index contributed by atoms with van der Waals surface area (Å²) in [4.78, 5) is 30.6. The van der Waals surface area contributed by atoms with Crippen LogP contribution in [0, 0.1) is 19.8 Å². The number of hydrogen-bond donors (Lipinski definition) is 1. The van der Waals surface area contributed by atoms with Crippen LogP contribution in [-0.4, -0.2) is 41.8 Å². The summed E-state index contributed by atoms with van der Waals surface area (Å²) in [5.41, 5.74) is 3.54. The molecule has 2 aromatic rings. The van der Waals surface area contributed by atoms with Crippen molar-refractivity contribution >= 4 is 11.8 Å². The zero-order chi connectivity index (χ0) is 20.1. The molecule has 0 bridgehead atoms. The van der Waals surface area contributed by atoms with E-state index in [1.54, 1.807) is 19.4 Å². The summed E-state index contributed by atoms with van der Waals surface area (Å²) < 4.78 is 5.98. The summed E-state index contributed by atoms with van der Waals surface area (Å²) in [6.45, 7) is 5.57. The van der Waals surface area contributed by atoms with E-state index in [1.165, 1.54) is 0 Å². The summed E-state index contributed by atoms with van der Waals surface area (Å²) in [5, 5.41) is 2.70. The van der Waals surface area contributed by atoms with Crippen molar-refractivity contribution in [1.29, 1.82) is 0 Å². The quantitative estimate of drug-likeness (QED) is 0.864. The van der Waals surface area contributed by atoms with Crippen LogP contribution in [0.25, 0.3) is 0 Å². The molecule has 28 heavy (non-hydrogen) atoms. The van der Waals surface area contributed by atoms with E-state index in [1.807, 2.05) is 43.0 Å². The van der Waals surface area contributed by atoms with Crippen LogP contribution in [-0.2, 0) is 11.4 Å². The molecule has 1 N–H and O–H groups in total. The van der Waals surface area contributed by atoms with Crippen LogP contribution in [0.3, 0.4) is 0 Å². The van der Waals surface area contributed by atoms with Gasteiger partial charge in [0.25, 0.3) is 5.91 Å². The lowest BCUT2D eigenvalue weighted by atomic mass is 9.95. The van der Waals surface area contributed by atoms with Gasteiger partial charge in [0.15, 0.2) is 0 Å². The highest BCUT2D eigenvalue weighted by Gasteiger charge is 2.27. The average Bonchev–Trinajstić information content (AvgIpc) is 2.72. The molecule has 2 amide bonds. The van der Waals surface area contributed by atoms with E-state index in [4.69, 9.17) is 4.74 Å². The molecule has 0 radical (unpaired) electrons. The molecule has 1 saturated heterocycles. The number of benzene rings is 1. The maximum Gasteiger partial charge on any atom is 0.253 e. The number of carbonyl (C=O) groups excluding carboxylic acids is 2. The number of piperidine rings is 1. The second-order valence-corrected chi connectivity index (χ2v) is 7.27. The van der Waals surface area contributed by atoms with E-state index >= 15 is 0 Å². The molecule has 0 unspecified atom stereocenters. The minimum atomic E-state index is 0.000717. The first-order valence-corrected chi connectivity index (χ1v) is 9.63. The molecule has 0 atom stereocenters. The Kier molecular flexibility index (Phi) is 6.29. The van der Waals surface area contributed by atoms with Crippen molar-refractivity contribution in [1.82, 2.24) is 15.2 Å². The first-order valence-electron chi connectivity index (χ1n) is 9.63. The molecule has 1 aliphatic rings. The van der Waals surface area contributed by atoms with Gasteiger partial charge in [0.2, 0.25) is 5.91 Å². The van der Waals surface area contributed by atoms with E-state index in [2.05, 4.69) is 10.3 Å². The largest absolute Gasteiger partial charge is 0.488 e. The van der Waals surface area contributed by atoms with E-state index in [-0.39, 0.29) is 17.7 Å². The van der Waals surface area contributed by atoms with Gasteiger partial charge in [-0.3, -0.25) is 14.6 Å². The summed E-state index contributed by atoms with van der Waals surface area (Å²) in [6.07, 6.45) is 4.92. The molecule has 6 heteroatoms. The first kappa shape index (κ1) is 19.9. The Labute approximate surface area is 165 Å². The van der Waals surface area contributed by atoms with Gasteiger partial charge in [-0.1, -0.05) is 6.07 Å². The second-order valence-electron chi connectivity index (χ2n) is 7.27. The molecular formula is C22H27N3O3. The molecule has 3 rings (SSSR count).